The Labute approximate surface area is 170 Å². The number of hydrogen-bond acceptors (Lipinski definition) is 10. The summed E-state index contributed by atoms with van der Waals surface area (Å²) in [5.74, 6) is -3.63. The lowest BCUT2D eigenvalue weighted by Crippen LogP contribution is -2.47. The van der Waals surface area contributed by atoms with Crippen LogP contribution >= 0.6 is 12.4 Å². The van der Waals surface area contributed by atoms with Gasteiger partial charge < -0.3 is 30.0 Å². The molecule has 0 aromatic rings. The number of nitrogens with one attached hydrogen (secondary N) is 1. The molecule has 0 saturated carbocycles. The minimum atomic E-state index is -1.37. The number of rotatable bonds is 9. The molecule has 0 bridgehead atoms. The van der Waals surface area contributed by atoms with Crippen molar-refractivity contribution < 1.29 is 42.9 Å². The molecule has 28 heavy (non-hydrogen) atoms. The lowest BCUT2D eigenvalue weighted by molar-refractivity contribution is -0.160. The average Bonchev–Trinajstić information content (AvgIpc) is 2.60. The van der Waals surface area contributed by atoms with Gasteiger partial charge in [0.05, 0.1) is 26.4 Å². The molecule has 0 aromatic carbocycles. The molecule has 11 nitrogen and oxygen atoms in total. The zero-order valence-corrected chi connectivity index (χ0v) is 17.5. The van der Waals surface area contributed by atoms with E-state index in [1.165, 1.54) is 6.92 Å². The maximum Gasteiger partial charge on any atom is 0.340 e. The van der Waals surface area contributed by atoms with Crippen molar-refractivity contribution in [1.29, 1.82) is 0 Å². The van der Waals surface area contributed by atoms with Crippen LogP contribution in [0.1, 0.15) is 34.6 Å². The maximum atomic E-state index is 11.3. The highest BCUT2D eigenvalue weighted by Gasteiger charge is 2.30. The molecule has 12 heteroatoms. The molecule has 0 aliphatic heterocycles. The highest BCUT2D eigenvalue weighted by molar-refractivity contribution is 6.02. The van der Waals surface area contributed by atoms with Gasteiger partial charge in [0.15, 0.2) is 0 Å². The van der Waals surface area contributed by atoms with Crippen LogP contribution in [-0.2, 0) is 42.9 Å². The number of amides is 1. The van der Waals surface area contributed by atoms with Gasteiger partial charge in [-0.2, -0.15) is 0 Å². The molecule has 0 unspecified atom stereocenters. The third-order valence-electron chi connectivity index (χ3n) is 2.47. The standard InChI is InChI=1S/C9H15NO5.C7H13NO4.ClH/c1-4-14-8(12)7(10-6(3)11)9(13)15-5-2;1-3-11-6(9)5(8)7(10)12-4-2;/h7H,4-5H2,1-3H3,(H,10,11);5H,3-4,8H2,1-2H3;1H. The van der Waals surface area contributed by atoms with Crippen LogP contribution in [0.15, 0.2) is 0 Å². The number of nitrogens with two attached hydrogens (primary N) is 1. The third kappa shape index (κ3) is 13.8. The first kappa shape index (κ1) is 30.3. The molecule has 0 atom stereocenters. The summed E-state index contributed by atoms with van der Waals surface area (Å²) in [4.78, 5) is 54.9. The van der Waals surface area contributed by atoms with E-state index in [4.69, 9.17) is 5.73 Å². The number of carbonyl (C=O) groups excluding carboxylic acids is 5. The Bertz CT molecular complexity index is 478. The molecular weight excluding hydrogens is 400 g/mol. The first-order chi connectivity index (χ1) is 12.7. The predicted octanol–water partition coefficient (Wildman–Crippen LogP) is -0.521. The van der Waals surface area contributed by atoms with Crippen LogP contribution in [0.2, 0.25) is 0 Å². The van der Waals surface area contributed by atoms with Crippen LogP contribution in [0.5, 0.6) is 0 Å². The second kappa shape index (κ2) is 18.0. The van der Waals surface area contributed by atoms with E-state index >= 15 is 0 Å². The van der Waals surface area contributed by atoms with E-state index in [9.17, 15) is 24.0 Å². The molecule has 0 radical (unpaired) electrons. The summed E-state index contributed by atoms with van der Waals surface area (Å²) in [5.41, 5.74) is 5.18. The minimum absolute atomic E-state index is 0. The molecule has 1 amide bonds. The SMILES string of the molecule is CCOC(=O)C(N)C(=O)OCC.CCOC(=O)C(NC(C)=O)C(=O)OCC.Cl. The summed E-state index contributed by atoms with van der Waals surface area (Å²) in [6.45, 7) is 8.35. The normalized spacial score (nSPS) is 9.29. The van der Waals surface area contributed by atoms with Crippen LogP contribution in [0, 0.1) is 0 Å². The zero-order chi connectivity index (χ0) is 21.4. The van der Waals surface area contributed by atoms with Gasteiger partial charge in [0.1, 0.15) is 0 Å². The van der Waals surface area contributed by atoms with Gasteiger partial charge in [-0.25, -0.2) is 19.2 Å². The van der Waals surface area contributed by atoms with E-state index in [1.807, 2.05) is 0 Å². The number of hydrogen-bond donors (Lipinski definition) is 2. The summed E-state index contributed by atoms with van der Waals surface area (Å²) in [5, 5.41) is 2.16. The van der Waals surface area contributed by atoms with E-state index in [0.717, 1.165) is 0 Å². The van der Waals surface area contributed by atoms with Crippen LogP contribution < -0.4 is 11.1 Å². The van der Waals surface area contributed by atoms with Crippen molar-refractivity contribution in [3.05, 3.63) is 0 Å². The van der Waals surface area contributed by atoms with Crippen LogP contribution in [-0.4, -0.2) is 68.3 Å². The Hall–Kier alpha value is -2.40. The van der Waals surface area contributed by atoms with Crippen molar-refractivity contribution >= 4 is 42.2 Å². The topological polar surface area (TPSA) is 160 Å². The Morgan fingerprint density at radius 3 is 1.25 bits per heavy atom. The zero-order valence-electron chi connectivity index (χ0n) is 16.6. The molecule has 0 rings (SSSR count). The van der Waals surface area contributed by atoms with Crippen molar-refractivity contribution in [1.82, 2.24) is 5.32 Å². The molecule has 0 fully saturated rings. The second-order valence-electron chi connectivity index (χ2n) is 4.62. The lowest BCUT2D eigenvalue weighted by Gasteiger charge is -2.14. The van der Waals surface area contributed by atoms with Gasteiger partial charge in [-0.3, -0.25) is 4.79 Å². The number of esters is 4. The molecule has 164 valence electrons. The summed E-state index contributed by atoms with van der Waals surface area (Å²) < 4.78 is 18.2. The highest BCUT2D eigenvalue weighted by Crippen LogP contribution is 1.94. The molecule has 0 aliphatic carbocycles. The van der Waals surface area contributed by atoms with Crippen molar-refractivity contribution in [3.8, 4) is 0 Å². The predicted molar refractivity (Wildman–Crippen MR) is 99.4 cm³/mol. The molecule has 3 N–H and O–H groups in total. The highest BCUT2D eigenvalue weighted by atomic mass is 35.5. The summed E-state index contributed by atoms with van der Waals surface area (Å²) >= 11 is 0. The molecular formula is C16H29ClN2O9. The Balaban J connectivity index is -0.000000441. The monoisotopic (exact) mass is 428 g/mol. The third-order valence-corrected chi connectivity index (χ3v) is 2.47. The van der Waals surface area contributed by atoms with Gasteiger partial charge >= 0.3 is 23.9 Å². The van der Waals surface area contributed by atoms with Gasteiger partial charge in [-0.15, -0.1) is 12.4 Å². The Kier molecular flexibility index (Phi) is 19.5. The summed E-state index contributed by atoms with van der Waals surface area (Å²) in [7, 11) is 0. The summed E-state index contributed by atoms with van der Waals surface area (Å²) in [6, 6.07) is -2.69. The van der Waals surface area contributed by atoms with Crippen molar-refractivity contribution in [2.24, 2.45) is 5.73 Å². The van der Waals surface area contributed by atoms with Gasteiger partial charge in [-0.05, 0) is 27.7 Å². The summed E-state index contributed by atoms with van der Waals surface area (Å²) in [6.07, 6.45) is 0. The largest absolute Gasteiger partial charge is 0.464 e. The fourth-order valence-corrected chi connectivity index (χ4v) is 1.43. The molecule has 0 aliphatic rings. The first-order valence-electron chi connectivity index (χ1n) is 8.35. The average molecular weight is 429 g/mol. The second-order valence-corrected chi connectivity index (χ2v) is 4.62. The molecule has 0 aromatic heterocycles. The van der Waals surface area contributed by atoms with E-state index in [0.29, 0.717) is 0 Å². The minimum Gasteiger partial charge on any atom is -0.464 e. The first-order valence-corrected chi connectivity index (χ1v) is 8.35. The molecule has 0 saturated heterocycles. The van der Waals surface area contributed by atoms with Gasteiger partial charge in [0.2, 0.25) is 18.0 Å². The lowest BCUT2D eigenvalue weighted by atomic mass is 10.3. The van der Waals surface area contributed by atoms with E-state index < -0.39 is 41.9 Å². The quantitative estimate of drug-likeness (QED) is 0.277. The van der Waals surface area contributed by atoms with E-state index in [1.54, 1.807) is 27.7 Å². The van der Waals surface area contributed by atoms with Gasteiger partial charge in [-0.1, -0.05) is 0 Å². The Morgan fingerprint density at radius 2 is 1.00 bits per heavy atom. The van der Waals surface area contributed by atoms with E-state index in [2.05, 4.69) is 24.3 Å². The Morgan fingerprint density at radius 1 is 0.714 bits per heavy atom. The maximum absolute atomic E-state index is 11.3. The van der Waals surface area contributed by atoms with E-state index in [-0.39, 0.29) is 38.8 Å². The number of ether oxygens (including phenoxy) is 4. The smallest absolute Gasteiger partial charge is 0.340 e. The van der Waals surface area contributed by atoms with Crippen molar-refractivity contribution in [2.75, 3.05) is 26.4 Å². The molecule has 0 heterocycles. The number of carbonyl (C=O) groups is 5. The fraction of sp³-hybridized carbons (Fsp3) is 0.688. The van der Waals surface area contributed by atoms with Gasteiger partial charge in [0.25, 0.3) is 0 Å². The fourth-order valence-electron chi connectivity index (χ4n) is 1.43. The molecule has 0 spiro atoms. The van der Waals surface area contributed by atoms with Crippen LogP contribution in [0.25, 0.3) is 0 Å². The van der Waals surface area contributed by atoms with Crippen LogP contribution in [0.4, 0.5) is 0 Å². The number of halogens is 1. The van der Waals surface area contributed by atoms with Crippen molar-refractivity contribution in [3.63, 3.8) is 0 Å². The van der Waals surface area contributed by atoms with Crippen LogP contribution in [0.3, 0.4) is 0 Å². The van der Waals surface area contributed by atoms with Crippen molar-refractivity contribution in [2.45, 2.75) is 46.7 Å². The van der Waals surface area contributed by atoms with Gasteiger partial charge in [0, 0.05) is 6.92 Å².